The maximum Gasteiger partial charge on any atom is 0.142 e. The number of nitrogens with one attached hydrogen (secondary N) is 1. The summed E-state index contributed by atoms with van der Waals surface area (Å²) in [7, 11) is 1.67. The Kier molecular flexibility index (Phi) is 6.54. The van der Waals surface area contributed by atoms with Gasteiger partial charge in [0.15, 0.2) is 0 Å². The molecule has 0 unspecified atom stereocenters. The molecule has 21 heavy (non-hydrogen) atoms. The highest BCUT2D eigenvalue weighted by Gasteiger charge is 2.07. The van der Waals surface area contributed by atoms with Gasteiger partial charge in [0.1, 0.15) is 12.4 Å². The van der Waals surface area contributed by atoms with Crippen LogP contribution in [0.4, 0.5) is 5.69 Å². The standard InChI is InChI=1S/C15H17Br2NO2S/c1-10-3-4-13(14(7-10)20-6-5-19-2)18-9-11-8-12(16)15(17)21-11/h3-4,7-8,18H,5-6,9H2,1-2H3. The SMILES string of the molecule is COCCOc1cc(C)ccc1NCc1cc(Br)c(Br)s1. The zero-order valence-electron chi connectivity index (χ0n) is 11.9. The third-order valence-corrected chi connectivity index (χ3v) is 6.09. The number of hydrogen-bond acceptors (Lipinski definition) is 4. The average molecular weight is 435 g/mol. The van der Waals surface area contributed by atoms with Crippen LogP contribution in [0.5, 0.6) is 5.75 Å². The summed E-state index contributed by atoms with van der Waals surface area (Å²) in [5.74, 6) is 0.863. The summed E-state index contributed by atoms with van der Waals surface area (Å²) in [5, 5.41) is 3.43. The Morgan fingerprint density at radius 2 is 2.00 bits per heavy atom. The van der Waals surface area contributed by atoms with E-state index in [1.807, 2.05) is 6.07 Å². The van der Waals surface area contributed by atoms with Gasteiger partial charge in [-0.3, -0.25) is 0 Å². The Morgan fingerprint density at radius 1 is 1.19 bits per heavy atom. The van der Waals surface area contributed by atoms with Crippen molar-refractivity contribution in [3.8, 4) is 5.75 Å². The average Bonchev–Trinajstić information content (AvgIpc) is 2.77. The third kappa shape index (κ3) is 4.98. The van der Waals surface area contributed by atoms with Crippen LogP contribution in [0.1, 0.15) is 10.4 Å². The predicted molar refractivity (Wildman–Crippen MR) is 95.6 cm³/mol. The highest BCUT2D eigenvalue weighted by Crippen LogP contribution is 2.33. The number of halogens is 2. The number of rotatable bonds is 7. The monoisotopic (exact) mass is 433 g/mol. The number of anilines is 1. The summed E-state index contributed by atoms with van der Waals surface area (Å²) in [6.07, 6.45) is 0. The van der Waals surface area contributed by atoms with Crippen LogP contribution < -0.4 is 10.1 Å². The Labute approximate surface area is 145 Å². The Morgan fingerprint density at radius 3 is 2.67 bits per heavy atom. The van der Waals surface area contributed by atoms with Crippen LogP contribution in [0.2, 0.25) is 0 Å². The van der Waals surface area contributed by atoms with Gasteiger partial charge >= 0.3 is 0 Å². The van der Waals surface area contributed by atoms with Gasteiger partial charge in [0.05, 0.1) is 16.1 Å². The van der Waals surface area contributed by atoms with Crippen LogP contribution in [0.3, 0.4) is 0 Å². The van der Waals surface area contributed by atoms with Gasteiger partial charge < -0.3 is 14.8 Å². The molecule has 0 aliphatic carbocycles. The summed E-state index contributed by atoms with van der Waals surface area (Å²) in [4.78, 5) is 1.25. The van der Waals surface area contributed by atoms with Gasteiger partial charge in [-0.05, 0) is 62.5 Å². The minimum atomic E-state index is 0.546. The van der Waals surface area contributed by atoms with E-state index in [1.165, 1.54) is 10.4 Å². The number of hydrogen-bond donors (Lipinski definition) is 1. The van der Waals surface area contributed by atoms with Crippen LogP contribution in [-0.4, -0.2) is 20.3 Å². The van der Waals surface area contributed by atoms with E-state index in [9.17, 15) is 0 Å². The quantitative estimate of drug-likeness (QED) is 0.606. The third-order valence-electron chi connectivity index (χ3n) is 2.83. The van der Waals surface area contributed by atoms with Crippen molar-refractivity contribution in [2.45, 2.75) is 13.5 Å². The molecule has 0 saturated carbocycles. The first-order valence-electron chi connectivity index (χ1n) is 6.50. The molecule has 3 nitrogen and oxygen atoms in total. The number of ether oxygens (including phenoxy) is 2. The lowest BCUT2D eigenvalue weighted by atomic mass is 10.2. The molecule has 0 saturated heterocycles. The zero-order valence-corrected chi connectivity index (χ0v) is 15.9. The first-order valence-corrected chi connectivity index (χ1v) is 8.90. The van der Waals surface area contributed by atoms with Crippen molar-refractivity contribution in [2.24, 2.45) is 0 Å². The molecule has 0 radical (unpaired) electrons. The first-order chi connectivity index (χ1) is 10.1. The van der Waals surface area contributed by atoms with Gasteiger partial charge in [0.2, 0.25) is 0 Å². The molecule has 0 fully saturated rings. The van der Waals surface area contributed by atoms with Crippen LogP contribution in [0, 0.1) is 6.92 Å². The molecule has 1 heterocycles. The molecular formula is C15H17Br2NO2S. The molecule has 6 heteroatoms. The number of thiophene rings is 1. The van der Waals surface area contributed by atoms with Crippen molar-refractivity contribution < 1.29 is 9.47 Å². The maximum absolute atomic E-state index is 5.77. The lowest BCUT2D eigenvalue weighted by Crippen LogP contribution is -2.07. The number of aryl methyl sites for hydroxylation is 1. The van der Waals surface area contributed by atoms with Gasteiger partial charge in [-0.2, -0.15) is 0 Å². The molecule has 0 aliphatic heterocycles. The molecule has 0 bridgehead atoms. The van der Waals surface area contributed by atoms with E-state index in [0.717, 1.165) is 26.2 Å². The van der Waals surface area contributed by atoms with Crippen LogP contribution in [-0.2, 0) is 11.3 Å². The molecule has 0 amide bonds. The molecule has 1 N–H and O–H groups in total. The summed E-state index contributed by atoms with van der Waals surface area (Å²) >= 11 is 8.73. The smallest absolute Gasteiger partial charge is 0.142 e. The van der Waals surface area contributed by atoms with Crippen molar-refractivity contribution in [3.63, 3.8) is 0 Å². The lowest BCUT2D eigenvalue weighted by molar-refractivity contribution is 0.146. The highest BCUT2D eigenvalue weighted by molar-refractivity contribution is 9.13. The normalized spacial score (nSPS) is 10.7. The molecule has 0 atom stereocenters. The summed E-state index contributed by atoms with van der Waals surface area (Å²) in [6.45, 7) is 3.95. The molecule has 114 valence electrons. The number of benzene rings is 1. The van der Waals surface area contributed by atoms with E-state index in [0.29, 0.717) is 13.2 Å². The minimum Gasteiger partial charge on any atom is -0.489 e. The summed E-state index contributed by atoms with van der Waals surface area (Å²) in [5.41, 5.74) is 2.17. The van der Waals surface area contributed by atoms with Gasteiger partial charge in [-0.25, -0.2) is 0 Å². The van der Waals surface area contributed by atoms with Gasteiger partial charge in [-0.1, -0.05) is 6.07 Å². The molecule has 0 aliphatic rings. The van der Waals surface area contributed by atoms with Crippen molar-refractivity contribution in [1.82, 2.24) is 0 Å². The summed E-state index contributed by atoms with van der Waals surface area (Å²) < 4.78 is 13.0. The Balaban J connectivity index is 2.04. The molecule has 2 rings (SSSR count). The van der Waals surface area contributed by atoms with E-state index >= 15 is 0 Å². The largest absolute Gasteiger partial charge is 0.489 e. The molecule has 0 spiro atoms. The van der Waals surface area contributed by atoms with Crippen LogP contribution in [0.25, 0.3) is 0 Å². The molecule has 2 aromatic rings. The second-order valence-electron chi connectivity index (χ2n) is 4.53. The van der Waals surface area contributed by atoms with E-state index in [-0.39, 0.29) is 0 Å². The van der Waals surface area contributed by atoms with Crippen LogP contribution >= 0.6 is 43.2 Å². The van der Waals surface area contributed by atoms with Gasteiger partial charge in [0, 0.05) is 23.0 Å². The molecule has 1 aromatic carbocycles. The fraction of sp³-hybridized carbons (Fsp3) is 0.333. The summed E-state index contributed by atoms with van der Waals surface area (Å²) in [6, 6.07) is 8.28. The highest BCUT2D eigenvalue weighted by atomic mass is 79.9. The second kappa shape index (κ2) is 8.17. The van der Waals surface area contributed by atoms with E-state index in [4.69, 9.17) is 9.47 Å². The molecular weight excluding hydrogens is 418 g/mol. The fourth-order valence-electron chi connectivity index (χ4n) is 1.79. The molecule has 1 aromatic heterocycles. The maximum atomic E-state index is 5.77. The van der Waals surface area contributed by atoms with Gasteiger partial charge in [-0.15, -0.1) is 11.3 Å². The van der Waals surface area contributed by atoms with E-state index in [2.05, 4.69) is 62.3 Å². The Hall–Kier alpha value is -0.560. The first kappa shape index (κ1) is 16.8. The van der Waals surface area contributed by atoms with Gasteiger partial charge in [0.25, 0.3) is 0 Å². The van der Waals surface area contributed by atoms with E-state index < -0.39 is 0 Å². The van der Waals surface area contributed by atoms with Crippen molar-refractivity contribution in [2.75, 3.05) is 25.6 Å². The Bertz CT molecular complexity index is 582. The van der Waals surface area contributed by atoms with Crippen LogP contribution in [0.15, 0.2) is 32.5 Å². The fourth-order valence-corrected chi connectivity index (χ4v) is 3.91. The zero-order chi connectivity index (χ0) is 15.2. The van der Waals surface area contributed by atoms with Crippen molar-refractivity contribution in [3.05, 3.63) is 43.0 Å². The van der Waals surface area contributed by atoms with Crippen molar-refractivity contribution >= 4 is 48.9 Å². The number of methoxy groups -OCH3 is 1. The topological polar surface area (TPSA) is 30.5 Å². The second-order valence-corrected chi connectivity index (χ2v) is 7.84. The minimum absolute atomic E-state index is 0.546. The van der Waals surface area contributed by atoms with E-state index in [1.54, 1.807) is 18.4 Å². The lowest BCUT2D eigenvalue weighted by Gasteiger charge is -2.13. The predicted octanol–water partition coefficient (Wildman–Crippen LogP) is 5.22. The van der Waals surface area contributed by atoms with Crippen molar-refractivity contribution in [1.29, 1.82) is 0 Å².